The number of nitro groups is 1. The summed E-state index contributed by atoms with van der Waals surface area (Å²) in [7, 11) is 0. The molecule has 0 aliphatic heterocycles. The van der Waals surface area contributed by atoms with E-state index in [0.29, 0.717) is 23.4 Å². The van der Waals surface area contributed by atoms with Crippen molar-refractivity contribution in [1.29, 1.82) is 0 Å². The molecule has 0 N–H and O–H groups in total. The van der Waals surface area contributed by atoms with E-state index in [0.717, 1.165) is 17.6 Å². The number of hydrogen-bond donors (Lipinski definition) is 0. The van der Waals surface area contributed by atoms with Gasteiger partial charge in [-0.15, -0.1) is 0 Å². The maximum absolute atomic E-state index is 12.2. The third-order valence-corrected chi connectivity index (χ3v) is 5.60. The molecule has 0 fully saturated rings. The molecule has 2 aromatic carbocycles. The Morgan fingerprint density at radius 2 is 1.71 bits per heavy atom. The molecule has 0 unspecified atom stereocenters. The van der Waals surface area contributed by atoms with Crippen LogP contribution in [0.15, 0.2) is 66.2 Å². The Kier molecular flexibility index (Phi) is 5.99. The monoisotopic (exact) mass is 397 g/mol. The summed E-state index contributed by atoms with van der Waals surface area (Å²) >= 11 is 6.45. The molecule has 4 nitrogen and oxygen atoms in total. The molecule has 0 amide bonds. The minimum absolute atomic E-state index is 0.0847. The van der Waals surface area contributed by atoms with Crippen LogP contribution in [0.2, 0.25) is 5.02 Å². The summed E-state index contributed by atoms with van der Waals surface area (Å²) in [5.74, 6) is -0.374. The van der Waals surface area contributed by atoms with Crippen molar-refractivity contribution < 1.29 is 9.72 Å². The molecular formula is C23H24ClNO3. The summed E-state index contributed by atoms with van der Waals surface area (Å²) in [5.41, 5.74) is 2.20. The van der Waals surface area contributed by atoms with Gasteiger partial charge in [-0.1, -0.05) is 79.6 Å². The Morgan fingerprint density at radius 1 is 1.07 bits per heavy atom. The molecule has 0 heterocycles. The second-order valence-corrected chi connectivity index (χ2v) is 8.67. The van der Waals surface area contributed by atoms with Gasteiger partial charge in [0, 0.05) is 21.9 Å². The van der Waals surface area contributed by atoms with Crippen LogP contribution in [0.4, 0.5) is 0 Å². The minimum Gasteiger partial charge on any atom is -0.295 e. The van der Waals surface area contributed by atoms with Crippen LogP contribution < -0.4 is 0 Å². The van der Waals surface area contributed by atoms with Crippen LogP contribution in [-0.2, 0) is 4.79 Å². The van der Waals surface area contributed by atoms with Gasteiger partial charge < -0.3 is 0 Å². The maximum atomic E-state index is 12.2. The van der Waals surface area contributed by atoms with E-state index in [1.54, 1.807) is 24.3 Å². The maximum Gasteiger partial charge on any atom is 0.245 e. The highest BCUT2D eigenvalue weighted by Gasteiger charge is 2.38. The van der Waals surface area contributed by atoms with Gasteiger partial charge in [0.1, 0.15) is 0 Å². The molecular weight excluding hydrogens is 374 g/mol. The average molecular weight is 398 g/mol. The molecule has 0 aromatic heterocycles. The number of benzene rings is 2. The van der Waals surface area contributed by atoms with E-state index >= 15 is 0 Å². The Bertz CT molecular complexity index is 905. The smallest absolute Gasteiger partial charge is 0.245 e. The van der Waals surface area contributed by atoms with E-state index in [9.17, 15) is 14.9 Å². The Hall–Kier alpha value is -2.46. The third kappa shape index (κ3) is 4.68. The summed E-state index contributed by atoms with van der Waals surface area (Å²) < 4.78 is 0. The van der Waals surface area contributed by atoms with E-state index in [-0.39, 0.29) is 16.1 Å². The molecule has 3 rings (SSSR count). The number of allylic oxidation sites excluding steroid dienone is 2. The van der Waals surface area contributed by atoms with Gasteiger partial charge in [-0.2, -0.15) is 0 Å². The molecule has 2 atom stereocenters. The highest BCUT2D eigenvalue weighted by molar-refractivity contribution is 6.31. The lowest BCUT2D eigenvalue weighted by atomic mass is 9.73. The Balaban J connectivity index is 2.06. The molecule has 1 aliphatic carbocycles. The van der Waals surface area contributed by atoms with Crippen molar-refractivity contribution in [2.45, 2.75) is 45.1 Å². The summed E-state index contributed by atoms with van der Waals surface area (Å²) in [6.07, 6.45) is 3.36. The van der Waals surface area contributed by atoms with Gasteiger partial charge in [-0.05, 0) is 36.0 Å². The molecule has 0 spiro atoms. The molecule has 0 bridgehead atoms. The lowest BCUT2D eigenvalue weighted by Gasteiger charge is -2.31. The second-order valence-electron chi connectivity index (χ2n) is 8.26. The van der Waals surface area contributed by atoms with Crippen molar-refractivity contribution in [3.63, 3.8) is 0 Å². The van der Waals surface area contributed by atoms with Crippen molar-refractivity contribution in [3.8, 4) is 0 Å². The second kappa shape index (κ2) is 8.27. The highest BCUT2D eigenvalue weighted by atomic mass is 35.5. The fraction of sp³-hybridized carbons (Fsp3) is 0.348. The molecule has 1 aliphatic rings. The van der Waals surface area contributed by atoms with Crippen LogP contribution >= 0.6 is 11.6 Å². The van der Waals surface area contributed by atoms with E-state index in [1.165, 1.54) is 0 Å². The van der Waals surface area contributed by atoms with Crippen molar-refractivity contribution in [3.05, 3.63) is 92.5 Å². The molecule has 5 heteroatoms. The molecule has 0 saturated heterocycles. The summed E-state index contributed by atoms with van der Waals surface area (Å²) in [4.78, 5) is 24.1. The zero-order valence-corrected chi connectivity index (χ0v) is 16.9. The first-order chi connectivity index (χ1) is 13.3. The number of nitrogens with zero attached hydrogens (tertiary/aromatic N) is 1. The van der Waals surface area contributed by atoms with Gasteiger partial charge in [0.2, 0.25) is 6.04 Å². The minimum atomic E-state index is -0.942. The first kappa shape index (κ1) is 20.3. The fourth-order valence-electron chi connectivity index (χ4n) is 4.21. The standard InChI is InChI=1S/C23H24ClNO3/c1-23(2)14-16(12-18(26)15-23)13-20(19-10-6-7-11-21(19)24)22(25(27)28)17-8-4-3-5-9-17/h3-12,20,22H,13-15H2,1-2H3/t20-,22+/m1/s1. The zero-order chi connectivity index (χ0) is 20.3. The normalized spacial score (nSPS) is 18.2. The Morgan fingerprint density at radius 3 is 2.32 bits per heavy atom. The number of hydrogen-bond acceptors (Lipinski definition) is 3. The molecule has 0 saturated carbocycles. The van der Waals surface area contributed by atoms with Gasteiger partial charge in [0.25, 0.3) is 0 Å². The van der Waals surface area contributed by atoms with E-state index in [2.05, 4.69) is 13.8 Å². The highest BCUT2D eigenvalue weighted by Crippen LogP contribution is 2.44. The van der Waals surface area contributed by atoms with Crippen molar-refractivity contribution >= 4 is 17.4 Å². The van der Waals surface area contributed by atoms with Crippen LogP contribution in [0, 0.1) is 15.5 Å². The zero-order valence-electron chi connectivity index (χ0n) is 16.1. The van der Waals surface area contributed by atoms with Crippen molar-refractivity contribution in [1.82, 2.24) is 0 Å². The van der Waals surface area contributed by atoms with Gasteiger partial charge in [-0.25, -0.2) is 0 Å². The number of ketones is 1. The van der Waals surface area contributed by atoms with Crippen LogP contribution in [0.5, 0.6) is 0 Å². The van der Waals surface area contributed by atoms with Crippen LogP contribution in [0.1, 0.15) is 56.2 Å². The van der Waals surface area contributed by atoms with Gasteiger partial charge in [-0.3, -0.25) is 14.9 Å². The number of carbonyl (C=O) groups is 1. The molecule has 2 aromatic rings. The SMILES string of the molecule is CC1(C)CC(=O)C=C(C[C@H](c2ccccc2Cl)[C@H](c2ccccc2)[N+](=O)[O-])C1. The van der Waals surface area contributed by atoms with Crippen molar-refractivity contribution in [2.24, 2.45) is 5.41 Å². The first-order valence-corrected chi connectivity index (χ1v) is 9.80. The number of halogens is 1. The summed E-state index contributed by atoms with van der Waals surface area (Å²) in [6, 6.07) is 15.4. The topological polar surface area (TPSA) is 60.2 Å². The van der Waals surface area contributed by atoms with Gasteiger partial charge in [0.15, 0.2) is 5.78 Å². The number of carbonyl (C=O) groups excluding carboxylic acids is 1. The largest absolute Gasteiger partial charge is 0.295 e. The molecule has 146 valence electrons. The third-order valence-electron chi connectivity index (χ3n) is 5.26. The quantitative estimate of drug-likeness (QED) is 0.434. The van der Waals surface area contributed by atoms with E-state index < -0.39 is 12.0 Å². The van der Waals surface area contributed by atoms with Gasteiger partial charge >= 0.3 is 0 Å². The average Bonchev–Trinajstić information content (AvgIpc) is 2.60. The lowest BCUT2D eigenvalue weighted by molar-refractivity contribution is -0.533. The van der Waals surface area contributed by atoms with Crippen molar-refractivity contribution in [2.75, 3.05) is 0 Å². The summed E-state index contributed by atoms with van der Waals surface area (Å²) in [6.45, 7) is 4.12. The van der Waals surface area contributed by atoms with Crippen LogP contribution in [0.3, 0.4) is 0 Å². The lowest BCUT2D eigenvalue weighted by Crippen LogP contribution is -2.25. The predicted octanol–water partition coefficient (Wildman–Crippen LogP) is 6.15. The first-order valence-electron chi connectivity index (χ1n) is 9.42. The van der Waals surface area contributed by atoms with E-state index in [4.69, 9.17) is 11.6 Å². The van der Waals surface area contributed by atoms with Gasteiger partial charge in [0.05, 0.1) is 5.92 Å². The fourth-order valence-corrected chi connectivity index (χ4v) is 4.49. The molecule has 0 radical (unpaired) electrons. The Labute approximate surface area is 170 Å². The van der Waals surface area contributed by atoms with E-state index in [1.807, 2.05) is 36.4 Å². The summed E-state index contributed by atoms with van der Waals surface area (Å²) in [5, 5.41) is 12.6. The molecule has 28 heavy (non-hydrogen) atoms. The number of rotatable bonds is 6. The predicted molar refractivity (Wildman–Crippen MR) is 111 cm³/mol. The van der Waals surface area contributed by atoms with Crippen LogP contribution in [0.25, 0.3) is 0 Å². The van der Waals surface area contributed by atoms with Crippen LogP contribution in [-0.4, -0.2) is 10.7 Å².